The average Bonchev–Trinajstić information content (AvgIpc) is 3.19. The third-order valence-corrected chi connectivity index (χ3v) is 6.22. The molecular formula is C25H26ClN3O2. The summed E-state index contributed by atoms with van der Waals surface area (Å²) < 4.78 is 14.4. The molecule has 1 saturated heterocycles. The molecule has 0 bridgehead atoms. The fraction of sp³-hybridized carbons (Fsp3) is 0.360. The van der Waals surface area contributed by atoms with Gasteiger partial charge >= 0.3 is 0 Å². The van der Waals surface area contributed by atoms with Gasteiger partial charge in [0.15, 0.2) is 0 Å². The summed E-state index contributed by atoms with van der Waals surface area (Å²) in [5, 5.41) is 1.77. The van der Waals surface area contributed by atoms with E-state index in [0.29, 0.717) is 24.3 Å². The van der Waals surface area contributed by atoms with Crippen molar-refractivity contribution in [1.29, 1.82) is 0 Å². The minimum Gasteiger partial charge on any atom is -0.376 e. The second-order valence-electron chi connectivity index (χ2n) is 8.08. The monoisotopic (exact) mass is 435 g/mol. The number of aromatic nitrogens is 3. The largest absolute Gasteiger partial charge is 0.376 e. The molecular weight excluding hydrogens is 410 g/mol. The number of benzene rings is 2. The molecule has 0 radical (unpaired) electrons. The van der Waals surface area contributed by atoms with Crippen molar-refractivity contribution in [3.63, 3.8) is 0 Å². The Bertz CT molecular complexity index is 1190. The van der Waals surface area contributed by atoms with Gasteiger partial charge in [0, 0.05) is 29.5 Å². The summed E-state index contributed by atoms with van der Waals surface area (Å²) in [4.78, 5) is 9.49. The topological polar surface area (TPSA) is 49.2 Å². The molecule has 0 N–H and O–H groups in total. The van der Waals surface area contributed by atoms with Gasteiger partial charge in [0.25, 0.3) is 0 Å². The molecule has 0 saturated carbocycles. The van der Waals surface area contributed by atoms with Crippen LogP contribution in [0.25, 0.3) is 21.9 Å². The summed E-state index contributed by atoms with van der Waals surface area (Å²) in [6.07, 6.45) is 4.67. The number of aryl methyl sites for hydroxylation is 1. The molecule has 31 heavy (non-hydrogen) atoms. The highest BCUT2D eigenvalue weighted by atomic mass is 35.5. The molecule has 2 aromatic heterocycles. The van der Waals surface area contributed by atoms with Gasteiger partial charge in [-0.3, -0.25) is 4.98 Å². The zero-order valence-electron chi connectivity index (χ0n) is 17.6. The predicted octanol–water partition coefficient (Wildman–Crippen LogP) is 5.74. The lowest BCUT2D eigenvalue weighted by Crippen LogP contribution is -2.31. The van der Waals surface area contributed by atoms with E-state index in [1.165, 1.54) is 5.56 Å². The van der Waals surface area contributed by atoms with Crippen molar-refractivity contribution < 1.29 is 9.47 Å². The van der Waals surface area contributed by atoms with Gasteiger partial charge in [0.1, 0.15) is 11.3 Å². The van der Waals surface area contributed by atoms with Crippen LogP contribution in [0.5, 0.6) is 0 Å². The van der Waals surface area contributed by atoms with Crippen LogP contribution in [0.2, 0.25) is 5.02 Å². The molecule has 6 heteroatoms. The van der Waals surface area contributed by atoms with Crippen LogP contribution in [0.3, 0.4) is 0 Å². The molecule has 2 aromatic carbocycles. The number of ether oxygens (including phenoxy) is 2. The van der Waals surface area contributed by atoms with Gasteiger partial charge in [0.05, 0.1) is 36.5 Å². The van der Waals surface area contributed by atoms with E-state index in [9.17, 15) is 0 Å². The molecule has 4 aromatic rings. The molecule has 0 aliphatic carbocycles. The first-order valence-electron chi connectivity index (χ1n) is 10.9. The molecule has 1 aliphatic heterocycles. The predicted molar refractivity (Wildman–Crippen MR) is 124 cm³/mol. The van der Waals surface area contributed by atoms with E-state index in [4.69, 9.17) is 26.1 Å². The maximum atomic E-state index is 6.33. The maximum absolute atomic E-state index is 6.33. The molecule has 1 aliphatic rings. The first kappa shape index (κ1) is 20.4. The van der Waals surface area contributed by atoms with Crippen LogP contribution >= 0.6 is 11.6 Å². The standard InChI is InChI=1S/C25H26ClN3O2/c1-2-24-28-23-14-27-22-9-8-18(26)12-21(22)25(23)29(24)19-10-11-31-20(13-19)16-30-15-17-6-4-3-5-7-17/h3-9,12,14,19-20H,2,10-11,13,15-16H2,1H3/t19-,20+/m0/s1. The van der Waals surface area contributed by atoms with Gasteiger partial charge in [-0.25, -0.2) is 4.98 Å². The van der Waals surface area contributed by atoms with Crippen LogP contribution in [0.4, 0.5) is 0 Å². The molecule has 0 amide bonds. The summed E-state index contributed by atoms with van der Waals surface area (Å²) in [7, 11) is 0. The van der Waals surface area contributed by atoms with Crippen molar-refractivity contribution in [3.05, 3.63) is 71.1 Å². The van der Waals surface area contributed by atoms with Crippen molar-refractivity contribution in [1.82, 2.24) is 14.5 Å². The number of nitrogens with zero attached hydrogens (tertiary/aromatic N) is 3. The highest BCUT2D eigenvalue weighted by Crippen LogP contribution is 2.34. The Hall–Kier alpha value is -2.47. The highest BCUT2D eigenvalue weighted by Gasteiger charge is 2.28. The van der Waals surface area contributed by atoms with Crippen LogP contribution in [-0.4, -0.2) is 33.9 Å². The fourth-order valence-electron chi connectivity index (χ4n) is 4.53. The Morgan fingerprint density at radius 3 is 2.87 bits per heavy atom. The van der Waals surface area contributed by atoms with Crippen LogP contribution in [0.15, 0.2) is 54.7 Å². The quantitative estimate of drug-likeness (QED) is 0.387. The van der Waals surface area contributed by atoms with Gasteiger partial charge in [-0.05, 0) is 36.6 Å². The van der Waals surface area contributed by atoms with Crippen molar-refractivity contribution in [3.8, 4) is 0 Å². The fourth-order valence-corrected chi connectivity index (χ4v) is 4.71. The molecule has 2 atom stereocenters. The van der Waals surface area contributed by atoms with Gasteiger partial charge < -0.3 is 14.0 Å². The molecule has 0 unspecified atom stereocenters. The lowest BCUT2D eigenvalue weighted by Gasteiger charge is -2.31. The Balaban J connectivity index is 1.42. The molecule has 1 fully saturated rings. The first-order chi connectivity index (χ1) is 15.2. The second kappa shape index (κ2) is 8.95. The average molecular weight is 436 g/mol. The summed E-state index contributed by atoms with van der Waals surface area (Å²) in [6, 6.07) is 16.4. The molecule has 160 valence electrons. The maximum Gasteiger partial charge on any atom is 0.109 e. The van der Waals surface area contributed by atoms with Crippen LogP contribution in [-0.2, 0) is 22.5 Å². The summed E-state index contributed by atoms with van der Waals surface area (Å²) in [5.41, 5.74) is 4.17. The van der Waals surface area contributed by atoms with E-state index < -0.39 is 0 Å². The highest BCUT2D eigenvalue weighted by molar-refractivity contribution is 6.31. The van der Waals surface area contributed by atoms with E-state index in [1.807, 2.05) is 42.6 Å². The lowest BCUT2D eigenvalue weighted by atomic mass is 10.0. The number of rotatable bonds is 6. The minimum atomic E-state index is 0.0707. The number of fused-ring (bicyclic) bond motifs is 3. The second-order valence-corrected chi connectivity index (χ2v) is 8.51. The smallest absolute Gasteiger partial charge is 0.109 e. The van der Waals surface area contributed by atoms with Crippen molar-refractivity contribution in [2.45, 2.75) is 44.9 Å². The Labute approximate surface area is 187 Å². The van der Waals surface area contributed by atoms with E-state index in [2.05, 4.69) is 28.6 Å². The van der Waals surface area contributed by atoms with Gasteiger partial charge in [0.2, 0.25) is 0 Å². The molecule has 5 rings (SSSR count). The number of imidazole rings is 1. The van der Waals surface area contributed by atoms with Crippen LogP contribution in [0, 0.1) is 0 Å². The van der Waals surface area contributed by atoms with Gasteiger partial charge in [-0.1, -0.05) is 48.9 Å². The van der Waals surface area contributed by atoms with Crippen molar-refractivity contribution >= 4 is 33.5 Å². The Kier molecular flexibility index (Phi) is 5.90. The number of hydrogen-bond acceptors (Lipinski definition) is 4. The molecule has 5 nitrogen and oxygen atoms in total. The molecule has 3 heterocycles. The zero-order chi connectivity index (χ0) is 21.2. The number of halogens is 1. The summed E-state index contributed by atoms with van der Waals surface area (Å²) >= 11 is 6.33. The molecule has 0 spiro atoms. The Morgan fingerprint density at radius 2 is 2.03 bits per heavy atom. The van der Waals surface area contributed by atoms with Crippen molar-refractivity contribution in [2.24, 2.45) is 0 Å². The SMILES string of the molecule is CCc1nc2cnc3ccc(Cl)cc3c2n1[C@H]1CCO[C@@H](COCc2ccccc2)C1. The van der Waals surface area contributed by atoms with E-state index in [1.54, 1.807) is 0 Å². The van der Waals surface area contributed by atoms with Gasteiger partial charge in [-0.2, -0.15) is 0 Å². The Morgan fingerprint density at radius 1 is 1.16 bits per heavy atom. The first-order valence-corrected chi connectivity index (χ1v) is 11.3. The van der Waals surface area contributed by atoms with E-state index in [-0.39, 0.29) is 6.10 Å². The minimum absolute atomic E-state index is 0.0707. The third-order valence-electron chi connectivity index (χ3n) is 5.99. The summed E-state index contributed by atoms with van der Waals surface area (Å²) in [5.74, 6) is 1.08. The van der Waals surface area contributed by atoms with E-state index >= 15 is 0 Å². The number of hydrogen-bond donors (Lipinski definition) is 0. The van der Waals surface area contributed by atoms with E-state index in [0.717, 1.165) is 53.6 Å². The van der Waals surface area contributed by atoms with Crippen LogP contribution in [0.1, 0.15) is 37.2 Å². The van der Waals surface area contributed by atoms with Gasteiger partial charge in [-0.15, -0.1) is 0 Å². The normalized spacial score (nSPS) is 19.3. The zero-order valence-corrected chi connectivity index (χ0v) is 18.4. The van der Waals surface area contributed by atoms with Crippen molar-refractivity contribution in [2.75, 3.05) is 13.2 Å². The lowest BCUT2D eigenvalue weighted by molar-refractivity contribution is -0.0581. The van der Waals surface area contributed by atoms with Crippen LogP contribution < -0.4 is 0 Å². The summed E-state index contributed by atoms with van der Waals surface area (Å²) in [6.45, 7) is 4.07. The number of pyridine rings is 1. The third kappa shape index (κ3) is 4.18.